The molecule has 5 rings (SSSR count). The molecule has 1 aromatic rings. The molecule has 1 N–H and O–H groups in total. The fraction of sp³-hybridized carbons (Fsp3) is 0.500. The van der Waals surface area contributed by atoms with E-state index in [-0.39, 0.29) is 25.7 Å². The maximum absolute atomic E-state index is 14.2. The molecule has 0 aliphatic carbocycles. The third kappa shape index (κ3) is 3.37. The molecule has 4 aliphatic rings. The lowest BCUT2D eigenvalue weighted by atomic mass is 9.73. The first-order valence-electron chi connectivity index (χ1n) is 12.0. The van der Waals surface area contributed by atoms with Crippen molar-refractivity contribution in [1.82, 2.24) is 4.90 Å². The molecule has 8 nitrogen and oxygen atoms in total. The Balaban J connectivity index is 1.70. The van der Waals surface area contributed by atoms with Gasteiger partial charge in [0.05, 0.1) is 35.9 Å². The Labute approximate surface area is 209 Å². The second-order valence-electron chi connectivity index (χ2n) is 9.56. The van der Waals surface area contributed by atoms with Gasteiger partial charge in [0, 0.05) is 6.54 Å². The average Bonchev–Trinajstić information content (AvgIpc) is 3.20. The van der Waals surface area contributed by atoms with E-state index < -0.39 is 47.0 Å². The van der Waals surface area contributed by atoms with E-state index in [0.29, 0.717) is 23.6 Å². The van der Waals surface area contributed by atoms with Gasteiger partial charge >= 0.3 is 5.97 Å². The number of ether oxygens (including phenoxy) is 2. The third-order valence-corrected chi connectivity index (χ3v) is 8.04. The summed E-state index contributed by atoms with van der Waals surface area (Å²) in [5.41, 5.74) is -1.97. The SMILES string of the molecule is CC[C@]12C=CCCOC(=O)[C@H]1[C@H]1C(=O)N([C@H](C)CO)C3C(=O)N(c4ccccc4Cl)CC=C[C@@]31O2. The van der Waals surface area contributed by atoms with Crippen LogP contribution in [0.2, 0.25) is 5.02 Å². The number of nitrogens with zero attached hydrogens (tertiary/aromatic N) is 2. The van der Waals surface area contributed by atoms with Crippen LogP contribution in [0.25, 0.3) is 0 Å². The molecular weight excluding hydrogens is 472 g/mol. The molecule has 4 heterocycles. The molecule has 2 amide bonds. The molecule has 2 fully saturated rings. The Morgan fingerprint density at radius 2 is 1.91 bits per heavy atom. The number of para-hydroxylation sites is 1. The van der Waals surface area contributed by atoms with Crippen molar-refractivity contribution in [2.24, 2.45) is 11.8 Å². The molecule has 0 aromatic heterocycles. The maximum atomic E-state index is 14.2. The number of halogens is 1. The Bertz CT molecular complexity index is 1120. The molecule has 186 valence electrons. The quantitative estimate of drug-likeness (QED) is 0.504. The number of aliphatic hydroxyl groups is 1. The predicted molar refractivity (Wildman–Crippen MR) is 129 cm³/mol. The van der Waals surface area contributed by atoms with Gasteiger partial charge in [-0.25, -0.2) is 0 Å². The molecule has 35 heavy (non-hydrogen) atoms. The summed E-state index contributed by atoms with van der Waals surface area (Å²) < 4.78 is 12.3. The van der Waals surface area contributed by atoms with Gasteiger partial charge in [0.1, 0.15) is 23.2 Å². The number of aliphatic hydroxyl groups excluding tert-OH is 1. The van der Waals surface area contributed by atoms with Crippen LogP contribution in [0.3, 0.4) is 0 Å². The van der Waals surface area contributed by atoms with E-state index in [1.54, 1.807) is 43.3 Å². The van der Waals surface area contributed by atoms with Gasteiger partial charge in [-0.15, -0.1) is 0 Å². The fourth-order valence-corrected chi connectivity index (χ4v) is 6.35. The number of rotatable bonds is 4. The Morgan fingerprint density at radius 1 is 1.14 bits per heavy atom. The number of carbonyl (C=O) groups is 3. The highest BCUT2D eigenvalue weighted by molar-refractivity contribution is 6.34. The number of amides is 2. The van der Waals surface area contributed by atoms with E-state index in [9.17, 15) is 19.5 Å². The molecular formula is C26H29ClN2O6. The zero-order valence-corrected chi connectivity index (χ0v) is 20.5. The van der Waals surface area contributed by atoms with Crippen LogP contribution >= 0.6 is 11.6 Å². The van der Waals surface area contributed by atoms with Crippen molar-refractivity contribution in [2.45, 2.75) is 50.0 Å². The zero-order chi connectivity index (χ0) is 25.0. The molecule has 0 radical (unpaired) electrons. The number of carbonyl (C=O) groups excluding carboxylic acids is 3. The van der Waals surface area contributed by atoms with Crippen molar-refractivity contribution in [1.29, 1.82) is 0 Å². The van der Waals surface area contributed by atoms with Gasteiger partial charge in [0.15, 0.2) is 0 Å². The first-order chi connectivity index (χ1) is 16.8. The number of hydrogen-bond acceptors (Lipinski definition) is 6. The molecule has 1 unspecified atom stereocenters. The number of esters is 1. The van der Waals surface area contributed by atoms with Crippen molar-refractivity contribution >= 4 is 35.1 Å². The summed E-state index contributed by atoms with van der Waals surface area (Å²) in [6.45, 7) is 3.67. The summed E-state index contributed by atoms with van der Waals surface area (Å²) in [6, 6.07) is 5.26. The lowest BCUT2D eigenvalue weighted by molar-refractivity contribution is -0.161. The largest absolute Gasteiger partial charge is 0.465 e. The van der Waals surface area contributed by atoms with Crippen molar-refractivity contribution in [3.63, 3.8) is 0 Å². The molecule has 2 saturated heterocycles. The number of cyclic esters (lactones) is 1. The fourth-order valence-electron chi connectivity index (χ4n) is 6.12. The summed E-state index contributed by atoms with van der Waals surface area (Å²) in [6.07, 6.45) is 8.31. The summed E-state index contributed by atoms with van der Waals surface area (Å²) in [5, 5.41) is 10.4. The van der Waals surface area contributed by atoms with Crippen LogP contribution in [0.5, 0.6) is 0 Å². The van der Waals surface area contributed by atoms with Crippen molar-refractivity contribution in [2.75, 3.05) is 24.7 Å². The highest BCUT2D eigenvalue weighted by atomic mass is 35.5. The van der Waals surface area contributed by atoms with E-state index in [0.717, 1.165) is 0 Å². The Kier molecular flexibility index (Phi) is 6.02. The van der Waals surface area contributed by atoms with E-state index in [4.69, 9.17) is 21.1 Å². The third-order valence-electron chi connectivity index (χ3n) is 7.72. The summed E-state index contributed by atoms with van der Waals surface area (Å²) in [4.78, 5) is 44.5. The van der Waals surface area contributed by atoms with Crippen LogP contribution in [-0.2, 0) is 23.9 Å². The average molecular weight is 501 g/mol. The van der Waals surface area contributed by atoms with Crippen molar-refractivity contribution < 1.29 is 29.0 Å². The Hall–Kier alpha value is -2.68. The topological polar surface area (TPSA) is 96.4 Å². The van der Waals surface area contributed by atoms with Crippen LogP contribution in [0.4, 0.5) is 5.69 Å². The highest BCUT2D eigenvalue weighted by Crippen LogP contribution is 2.58. The number of hydrogen-bond donors (Lipinski definition) is 1. The van der Waals surface area contributed by atoms with Crippen LogP contribution in [0, 0.1) is 11.8 Å². The van der Waals surface area contributed by atoms with Gasteiger partial charge in [-0.05, 0) is 31.9 Å². The monoisotopic (exact) mass is 500 g/mol. The highest BCUT2D eigenvalue weighted by Gasteiger charge is 2.75. The first-order valence-corrected chi connectivity index (χ1v) is 12.4. The normalized spacial score (nSPS) is 35.1. The second-order valence-corrected chi connectivity index (χ2v) is 9.97. The minimum atomic E-state index is -1.40. The molecule has 1 aromatic carbocycles. The smallest absolute Gasteiger partial charge is 0.313 e. The molecule has 1 spiro atoms. The first kappa shape index (κ1) is 24.0. The maximum Gasteiger partial charge on any atom is 0.313 e. The van der Waals surface area contributed by atoms with Crippen LogP contribution < -0.4 is 4.90 Å². The van der Waals surface area contributed by atoms with E-state index in [1.807, 2.05) is 19.1 Å². The molecule has 4 aliphatic heterocycles. The predicted octanol–water partition coefficient (Wildman–Crippen LogP) is 2.49. The standard InChI is InChI=1S/C26H29ClN2O6/c1-3-25-11-6-7-14-34-24(33)20(25)19-22(31)29(16(2)15-30)21-23(32)28(13-8-12-26(19,21)35-25)18-10-5-4-9-17(18)27/h4-6,8-12,16,19-21,30H,3,7,13-15H2,1-2H3/t16-,19+,20-,21?,25+,26+/m1/s1. The van der Waals surface area contributed by atoms with Gasteiger partial charge in [-0.2, -0.15) is 0 Å². The Morgan fingerprint density at radius 3 is 2.63 bits per heavy atom. The van der Waals surface area contributed by atoms with Gasteiger partial charge in [-0.3, -0.25) is 14.4 Å². The number of anilines is 1. The minimum Gasteiger partial charge on any atom is -0.465 e. The number of fused-ring (bicyclic) bond motifs is 2. The zero-order valence-electron chi connectivity index (χ0n) is 19.7. The van der Waals surface area contributed by atoms with Crippen LogP contribution in [0.1, 0.15) is 26.7 Å². The van der Waals surface area contributed by atoms with Gasteiger partial charge in [0.2, 0.25) is 5.91 Å². The number of benzene rings is 1. The summed E-state index contributed by atoms with van der Waals surface area (Å²) in [7, 11) is 0. The van der Waals surface area contributed by atoms with Gasteiger partial charge in [-0.1, -0.05) is 55.0 Å². The van der Waals surface area contributed by atoms with Crippen LogP contribution in [0.15, 0.2) is 48.6 Å². The van der Waals surface area contributed by atoms with Crippen LogP contribution in [-0.4, -0.2) is 70.8 Å². The van der Waals surface area contributed by atoms with E-state index in [2.05, 4.69) is 0 Å². The lowest BCUT2D eigenvalue weighted by Crippen LogP contribution is -2.58. The lowest BCUT2D eigenvalue weighted by Gasteiger charge is -2.40. The van der Waals surface area contributed by atoms with E-state index >= 15 is 0 Å². The molecule has 9 heteroatoms. The minimum absolute atomic E-state index is 0.217. The van der Waals surface area contributed by atoms with Crippen molar-refractivity contribution in [3.8, 4) is 0 Å². The van der Waals surface area contributed by atoms with Gasteiger partial charge in [0.25, 0.3) is 5.91 Å². The van der Waals surface area contributed by atoms with Gasteiger partial charge < -0.3 is 24.4 Å². The summed E-state index contributed by atoms with van der Waals surface area (Å²) >= 11 is 6.44. The number of likely N-dealkylation sites (tertiary alicyclic amines) is 1. The molecule has 6 atom stereocenters. The molecule has 0 saturated carbocycles. The second kappa shape index (κ2) is 8.76. The molecule has 0 bridgehead atoms. The summed E-state index contributed by atoms with van der Waals surface area (Å²) in [5.74, 6) is -3.17. The van der Waals surface area contributed by atoms with E-state index in [1.165, 1.54) is 9.80 Å². The van der Waals surface area contributed by atoms with Crippen molar-refractivity contribution in [3.05, 3.63) is 53.6 Å².